The van der Waals surface area contributed by atoms with E-state index in [-0.39, 0.29) is 54.4 Å². The first-order valence-corrected chi connectivity index (χ1v) is 18.9. The molecule has 298 valence electrons. The number of hydrogen-bond acceptors (Lipinski definition) is 6. The van der Waals surface area contributed by atoms with Crippen molar-refractivity contribution in [3.8, 4) is 51.1 Å². The summed E-state index contributed by atoms with van der Waals surface area (Å²) in [6.07, 6.45) is 1.82. The molecule has 10 rings (SSSR count). The number of fused-ring (bicyclic) bond motifs is 4. The van der Waals surface area contributed by atoms with Crippen LogP contribution in [0.3, 0.4) is 0 Å². The molecule has 0 unspecified atom stereocenters. The first-order chi connectivity index (χ1) is 32.0. The van der Waals surface area contributed by atoms with Crippen molar-refractivity contribution in [2.75, 3.05) is 9.80 Å². The molecule has 0 saturated carbocycles. The van der Waals surface area contributed by atoms with Crippen LogP contribution in [0.25, 0.3) is 49.9 Å². The second-order valence-corrected chi connectivity index (χ2v) is 15.1. The summed E-state index contributed by atoms with van der Waals surface area (Å²) in [4.78, 5) is 8.31. The smallest absolute Gasteiger partial charge is 0.165 e. The Bertz CT molecular complexity index is 3380. The molecular weight excluding hydrogens is 924 g/mol. The van der Waals surface area contributed by atoms with Crippen molar-refractivity contribution in [2.45, 2.75) is 26.2 Å². The first-order valence-electron chi connectivity index (χ1n) is 22.9. The number of benzene rings is 7. The van der Waals surface area contributed by atoms with E-state index in [0.717, 1.165) is 33.2 Å². The van der Waals surface area contributed by atoms with E-state index in [1.54, 1.807) is 29.8 Å². The van der Waals surface area contributed by atoms with Crippen molar-refractivity contribution in [3.63, 3.8) is 0 Å². The van der Waals surface area contributed by atoms with E-state index in [0.29, 0.717) is 28.6 Å². The number of pyridine rings is 1. The van der Waals surface area contributed by atoms with Gasteiger partial charge in [-0.3, -0.25) is 0 Å². The number of para-hydroxylation sites is 5. The molecule has 8 heteroatoms. The van der Waals surface area contributed by atoms with Gasteiger partial charge in [0.25, 0.3) is 0 Å². The van der Waals surface area contributed by atoms with E-state index in [4.69, 9.17) is 20.7 Å². The van der Waals surface area contributed by atoms with E-state index in [2.05, 4.69) is 55.7 Å². The van der Waals surface area contributed by atoms with Crippen LogP contribution in [0.15, 0.2) is 164 Å². The Morgan fingerprint density at radius 2 is 1.42 bits per heavy atom. The number of aromatic hydroxyl groups is 2. The van der Waals surface area contributed by atoms with Gasteiger partial charge in [-0.2, -0.15) is 12.1 Å². The number of aromatic nitrogens is 2. The van der Waals surface area contributed by atoms with Gasteiger partial charge in [-0.15, -0.1) is 48.1 Å². The minimum atomic E-state index is -0.904. The molecule has 2 aromatic heterocycles. The molecule has 2 N–H and O–H groups in total. The Hall–Kier alpha value is -6.82. The van der Waals surface area contributed by atoms with Crippen LogP contribution < -0.4 is 14.5 Å². The molecule has 7 nitrogen and oxygen atoms in total. The molecule has 0 aliphatic carbocycles. The second kappa shape index (κ2) is 15.4. The maximum Gasteiger partial charge on any atom is 0.165 e. The van der Waals surface area contributed by atoms with Crippen LogP contribution in [0, 0.1) is 18.8 Å². The molecule has 3 heterocycles. The van der Waals surface area contributed by atoms with Crippen molar-refractivity contribution in [3.05, 3.63) is 188 Å². The summed E-state index contributed by atoms with van der Waals surface area (Å²) < 4.78 is 77.5. The normalized spacial score (nSPS) is 14.3. The Morgan fingerprint density at radius 3 is 2.23 bits per heavy atom. The van der Waals surface area contributed by atoms with Gasteiger partial charge in [-0.1, -0.05) is 117 Å². The summed E-state index contributed by atoms with van der Waals surface area (Å²) in [7, 11) is 0. The number of ether oxygens (including phenoxy) is 1. The average Bonchev–Trinajstić information content (AvgIpc) is 3.87. The molecule has 0 atom stereocenters. The molecular formula is C52H39N4O3Pt-3. The van der Waals surface area contributed by atoms with Gasteiger partial charge in [0.15, 0.2) is 11.5 Å². The monoisotopic (exact) mass is 970 g/mol. The van der Waals surface area contributed by atoms with E-state index in [1.165, 1.54) is 12.1 Å². The molecule has 1 aliphatic heterocycles. The summed E-state index contributed by atoms with van der Waals surface area (Å²) in [5, 5.41) is 24.2. The molecule has 0 bridgehead atoms. The van der Waals surface area contributed by atoms with Crippen molar-refractivity contribution < 1.29 is 47.0 Å². The third-order valence-electron chi connectivity index (χ3n) is 10.4. The topological polar surface area (TPSA) is 74.0 Å². The van der Waals surface area contributed by atoms with Gasteiger partial charge in [0, 0.05) is 78.0 Å². The SMILES string of the molecule is [2H]c1c([2H])c([2H])c(-c2cccc(-c3c([2H])c([2H])c([2H])c(O)c3O)c2N2[CH-]N(c3[c-]c(Oc4[c-]c5c(cc4)c4ccccc4n5-c4cc(C(C)(C)C)ccn4)ccc3)c3ccccc32)c([2H])c1[2H].[Pt]. The Labute approximate surface area is 374 Å². The molecule has 0 spiro atoms. The van der Waals surface area contributed by atoms with Crippen LogP contribution in [0.5, 0.6) is 23.0 Å². The Balaban J connectivity index is 0.00000578. The third-order valence-corrected chi connectivity index (χ3v) is 10.4. The minimum Gasteiger partial charge on any atom is -0.509 e. The summed E-state index contributed by atoms with van der Waals surface area (Å²) >= 11 is 0. The van der Waals surface area contributed by atoms with Crippen LogP contribution >= 0.6 is 0 Å². The molecule has 60 heavy (non-hydrogen) atoms. The van der Waals surface area contributed by atoms with Gasteiger partial charge < -0.3 is 29.3 Å². The maximum absolute atomic E-state index is 11.4. The summed E-state index contributed by atoms with van der Waals surface area (Å²) in [5.74, 6) is -0.172. The number of phenols is 2. The van der Waals surface area contributed by atoms with Gasteiger partial charge in [0.1, 0.15) is 5.82 Å². The van der Waals surface area contributed by atoms with E-state index in [1.807, 2.05) is 71.8 Å². The molecule has 7 aromatic carbocycles. The zero-order chi connectivity index (χ0) is 47.2. The zero-order valence-corrected chi connectivity index (χ0v) is 34.7. The zero-order valence-electron chi connectivity index (χ0n) is 40.5. The summed E-state index contributed by atoms with van der Waals surface area (Å²) in [6, 6.07) is 35.8. The largest absolute Gasteiger partial charge is 0.509 e. The van der Waals surface area contributed by atoms with Crippen molar-refractivity contribution in [2.24, 2.45) is 0 Å². The fourth-order valence-corrected chi connectivity index (χ4v) is 7.59. The minimum absolute atomic E-state index is 0. The van der Waals surface area contributed by atoms with Gasteiger partial charge in [-0.25, -0.2) is 4.98 Å². The molecule has 0 saturated heterocycles. The van der Waals surface area contributed by atoms with Gasteiger partial charge >= 0.3 is 0 Å². The van der Waals surface area contributed by atoms with E-state index in [9.17, 15) is 10.2 Å². The molecule has 0 fully saturated rings. The van der Waals surface area contributed by atoms with Gasteiger partial charge in [0.05, 0.1) is 11.0 Å². The number of phenolic OH excluding ortho intramolecular Hbond substituents is 2. The quantitative estimate of drug-likeness (QED) is 0.122. The Kier molecular flexibility index (Phi) is 7.77. The molecule has 0 radical (unpaired) electrons. The van der Waals surface area contributed by atoms with Crippen LogP contribution in [0.1, 0.15) is 37.3 Å². The van der Waals surface area contributed by atoms with Crippen molar-refractivity contribution in [1.29, 1.82) is 0 Å². The molecule has 9 aromatic rings. The van der Waals surface area contributed by atoms with Crippen LogP contribution in [-0.4, -0.2) is 19.8 Å². The second-order valence-electron chi connectivity index (χ2n) is 15.1. The fraction of sp³-hybridized carbons (Fsp3) is 0.0769. The Morgan fingerprint density at radius 1 is 0.683 bits per heavy atom. The summed E-state index contributed by atoms with van der Waals surface area (Å²) in [6.45, 7) is 8.20. The fourth-order valence-electron chi connectivity index (χ4n) is 7.59. The summed E-state index contributed by atoms with van der Waals surface area (Å²) in [5.41, 5.74) is 4.43. The van der Waals surface area contributed by atoms with Crippen LogP contribution in [0.2, 0.25) is 0 Å². The average molecular weight is 971 g/mol. The van der Waals surface area contributed by atoms with Crippen molar-refractivity contribution in [1.82, 2.24) is 9.55 Å². The van der Waals surface area contributed by atoms with E-state index >= 15 is 0 Å². The molecule has 1 aliphatic rings. The maximum atomic E-state index is 11.4. The number of nitrogens with zero attached hydrogens (tertiary/aromatic N) is 4. The predicted molar refractivity (Wildman–Crippen MR) is 237 cm³/mol. The van der Waals surface area contributed by atoms with Gasteiger partial charge in [0.2, 0.25) is 0 Å². The molecule has 0 amide bonds. The van der Waals surface area contributed by atoms with Crippen LogP contribution in [0.4, 0.5) is 22.7 Å². The number of anilines is 4. The number of rotatable bonds is 7. The van der Waals surface area contributed by atoms with Gasteiger partial charge in [-0.05, 0) is 58.3 Å². The predicted octanol–water partition coefficient (Wildman–Crippen LogP) is 13.0. The van der Waals surface area contributed by atoms with Crippen molar-refractivity contribution >= 4 is 44.6 Å². The van der Waals surface area contributed by atoms with E-state index < -0.39 is 59.8 Å². The van der Waals surface area contributed by atoms with Crippen LogP contribution in [-0.2, 0) is 26.5 Å². The standard InChI is InChI=1S/C52H39N4O3.Pt/c1-52(2,3)35-28-29-53-49(30-35)56-44-22-8-7-18-40(44)41-27-26-38(32-47(41)56)59-37-17-11-16-36(31-37)54-33-55(46-24-10-9-23-45(46)54)50-39(34-14-5-4-6-15-34)19-12-20-42(50)43-21-13-25-48(57)51(43)58;/h4-30,33,57-58H,1-3H3;/q-3;/i4D,5D,6D,13D,14D,15D,21D,25D;. The third kappa shape index (κ3) is 6.75. The number of hydrogen-bond donors (Lipinski definition) is 2. The first kappa shape index (κ1) is 30.3.